The number of amides is 1. The number of anilines is 1. The van der Waals surface area contributed by atoms with Crippen LogP contribution in [-0.2, 0) is 4.79 Å². The van der Waals surface area contributed by atoms with Gasteiger partial charge in [-0.2, -0.15) is 0 Å². The van der Waals surface area contributed by atoms with Crippen molar-refractivity contribution in [1.29, 1.82) is 0 Å². The van der Waals surface area contributed by atoms with E-state index >= 15 is 0 Å². The summed E-state index contributed by atoms with van der Waals surface area (Å²) in [5.74, 6) is -2.52. The molecule has 0 bridgehead atoms. The van der Waals surface area contributed by atoms with Crippen molar-refractivity contribution < 1.29 is 13.6 Å². The number of hydrogen-bond acceptors (Lipinski definition) is 4. The third-order valence-corrected chi connectivity index (χ3v) is 4.08. The monoisotopic (exact) mass is 303 g/mol. The average molecular weight is 303 g/mol. The van der Waals surface area contributed by atoms with Gasteiger partial charge in [0.25, 0.3) is 5.92 Å². The summed E-state index contributed by atoms with van der Waals surface area (Å²) in [6.07, 6.45) is 3.63. The van der Waals surface area contributed by atoms with Crippen molar-refractivity contribution in [2.45, 2.75) is 38.0 Å². The second-order valence-corrected chi connectivity index (χ2v) is 5.93. The third kappa shape index (κ3) is 5.13. The van der Waals surface area contributed by atoms with Crippen LogP contribution in [0, 0.1) is 0 Å². The van der Waals surface area contributed by atoms with Gasteiger partial charge < -0.3 is 10.2 Å². The van der Waals surface area contributed by atoms with Crippen LogP contribution in [0.3, 0.4) is 0 Å². The number of nitrogens with zero attached hydrogens (tertiary/aromatic N) is 2. The van der Waals surface area contributed by atoms with Crippen molar-refractivity contribution in [3.8, 4) is 0 Å². The van der Waals surface area contributed by atoms with Crippen molar-refractivity contribution in [1.82, 2.24) is 9.88 Å². The maximum atomic E-state index is 13.0. The zero-order valence-electron chi connectivity index (χ0n) is 11.3. The van der Waals surface area contributed by atoms with Gasteiger partial charge in [-0.05, 0) is 19.4 Å². The summed E-state index contributed by atoms with van der Waals surface area (Å²) in [4.78, 5) is 17.6. The van der Waals surface area contributed by atoms with Gasteiger partial charge in [0.05, 0.1) is 0 Å². The molecular weight excluding hydrogens is 284 g/mol. The van der Waals surface area contributed by atoms with Gasteiger partial charge in [0, 0.05) is 43.9 Å². The Balaban J connectivity index is 1.54. The molecule has 1 aliphatic rings. The summed E-state index contributed by atoms with van der Waals surface area (Å²) in [6, 6.07) is 0. The van der Waals surface area contributed by atoms with Crippen LogP contribution in [0.25, 0.3) is 0 Å². The number of rotatable bonds is 6. The predicted octanol–water partition coefficient (Wildman–Crippen LogP) is 2.98. The molecule has 0 radical (unpaired) electrons. The van der Waals surface area contributed by atoms with Gasteiger partial charge in [0.1, 0.15) is 0 Å². The fourth-order valence-corrected chi connectivity index (χ4v) is 2.74. The minimum atomic E-state index is -2.48. The van der Waals surface area contributed by atoms with Crippen LogP contribution in [0.2, 0.25) is 0 Å². The standard InChI is InChI=1S/C13H19F2N3OS/c14-13(15)4-8-18(9-5-13)7-2-1-3-11(19)17-12-16-6-10-20-12/h6,10H,1-5,7-9H2,(H,16,17,19). The number of nitrogens with one attached hydrogen (secondary N) is 1. The molecule has 1 amide bonds. The van der Waals surface area contributed by atoms with Crippen LogP contribution in [0.4, 0.5) is 13.9 Å². The maximum Gasteiger partial charge on any atom is 0.250 e. The van der Waals surface area contributed by atoms with Crippen LogP contribution in [0.15, 0.2) is 11.6 Å². The largest absolute Gasteiger partial charge is 0.303 e. The molecule has 0 atom stereocenters. The lowest BCUT2D eigenvalue weighted by atomic mass is 10.1. The van der Waals surface area contributed by atoms with Gasteiger partial charge >= 0.3 is 0 Å². The molecule has 2 heterocycles. The topological polar surface area (TPSA) is 45.2 Å². The molecule has 0 aromatic carbocycles. The van der Waals surface area contributed by atoms with Crippen LogP contribution in [0.5, 0.6) is 0 Å². The number of alkyl halides is 2. The molecule has 112 valence electrons. The quantitative estimate of drug-likeness (QED) is 0.822. The van der Waals surface area contributed by atoms with E-state index in [0.717, 1.165) is 19.4 Å². The summed E-state index contributed by atoms with van der Waals surface area (Å²) in [6.45, 7) is 1.71. The number of carbonyl (C=O) groups excluding carboxylic acids is 1. The van der Waals surface area contributed by atoms with Gasteiger partial charge in [0.15, 0.2) is 5.13 Å². The van der Waals surface area contributed by atoms with E-state index in [4.69, 9.17) is 0 Å². The molecule has 0 aliphatic carbocycles. The second-order valence-electron chi connectivity index (χ2n) is 5.04. The second kappa shape index (κ2) is 7.08. The lowest BCUT2D eigenvalue weighted by Crippen LogP contribution is -2.39. The minimum absolute atomic E-state index is 0.0369. The molecule has 1 fully saturated rings. The van der Waals surface area contributed by atoms with Crippen LogP contribution < -0.4 is 5.32 Å². The van der Waals surface area contributed by atoms with Gasteiger partial charge in [-0.3, -0.25) is 4.79 Å². The number of thiazole rings is 1. The number of aromatic nitrogens is 1. The Bertz CT molecular complexity index is 415. The summed E-state index contributed by atoms with van der Waals surface area (Å²) >= 11 is 1.39. The SMILES string of the molecule is O=C(CCCCN1CCC(F)(F)CC1)Nc1nccs1. The fraction of sp³-hybridized carbons (Fsp3) is 0.692. The first kappa shape index (κ1) is 15.3. The van der Waals surface area contributed by atoms with E-state index in [1.807, 2.05) is 5.38 Å². The number of piperidine rings is 1. The Morgan fingerprint density at radius 3 is 2.80 bits per heavy atom. The Labute approximate surface area is 121 Å². The van der Waals surface area contributed by atoms with E-state index in [2.05, 4.69) is 15.2 Å². The molecule has 2 rings (SSSR count). The Hall–Kier alpha value is -1.08. The van der Waals surface area contributed by atoms with Crippen molar-refractivity contribution in [2.24, 2.45) is 0 Å². The first-order valence-electron chi connectivity index (χ1n) is 6.85. The minimum Gasteiger partial charge on any atom is -0.303 e. The van der Waals surface area contributed by atoms with Gasteiger partial charge in [-0.1, -0.05) is 0 Å². The molecule has 0 saturated carbocycles. The third-order valence-electron chi connectivity index (χ3n) is 3.39. The zero-order chi connectivity index (χ0) is 14.4. The lowest BCUT2D eigenvalue weighted by Gasteiger charge is -2.31. The lowest BCUT2D eigenvalue weighted by molar-refractivity contribution is -0.116. The number of hydrogen-bond donors (Lipinski definition) is 1. The molecule has 1 N–H and O–H groups in total. The molecular formula is C13H19F2N3OS. The van der Waals surface area contributed by atoms with E-state index in [-0.39, 0.29) is 18.7 Å². The number of unbranched alkanes of at least 4 members (excludes halogenated alkanes) is 1. The van der Waals surface area contributed by atoms with Crippen molar-refractivity contribution in [2.75, 3.05) is 25.0 Å². The molecule has 1 saturated heterocycles. The van der Waals surface area contributed by atoms with Gasteiger partial charge in [-0.15, -0.1) is 11.3 Å². The van der Waals surface area contributed by atoms with E-state index in [1.54, 1.807) is 6.20 Å². The predicted molar refractivity (Wildman–Crippen MR) is 75.2 cm³/mol. The normalized spacial score (nSPS) is 18.9. The van der Waals surface area contributed by atoms with Crippen molar-refractivity contribution in [3.63, 3.8) is 0 Å². The molecule has 0 spiro atoms. The summed E-state index contributed by atoms with van der Waals surface area (Å²) in [5, 5.41) is 5.15. The highest BCUT2D eigenvalue weighted by Crippen LogP contribution is 2.27. The van der Waals surface area contributed by atoms with Gasteiger partial charge in [0.2, 0.25) is 5.91 Å². The Kier molecular flexibility index (Phi) is 5.42. The van der Waals surface area contributed by atoms with Gasteiger partial charge in [-0.25, -0.2) is 13.8 Å². The summed E-state index contributed by atoms with van der Waals surface area (Å²) in [5.41, 5.74) is 0. The molecule has 7 heteroatoms. The molecule has 4 nitrogen and oxygen atoms in total. The molecule has 1 aliphatic heterocycles. The molecule has 1 aromatic heterocycles. The first-order valence-corrected chi connectivity index (χ1v) is 7.73. The Morgan fingerprint density at radius 2 is 2.15 bits per heavy atom. The Morgan fingerprint density at radius 1 is 1.40 bits per heavy atom. The summed E-state index contributed by atoms with van der Waals surface area (Å²) in [7, 11) is 0. The molecule has 1 aromatic rings. The summed E-state index contributed by atoms with van der Waals surface area (Å²) < 4.78 is 25.9. The molecule has 0 unspecified atom stereocenters. The highest BCUT2D eigenvalue weighted by Gasteiger charge is 2.33. The van der Waals surface area contributed by atoms with Crippen LogP contribution >= 0.6 is 11.3 Å². The zero-order valence-corrected chi connectivity index (χ0v) is 12.1. The van der Waals surface area contributed by atoms with Crippen molar-refractivity contribution >= 4 is 22.4 Å². The first-order chi connectivity index (χ1) is 9.55. The van der Waals surface area contributed by atoms with Crippen molar-refractivity contribution in [3.05, 3.63) is 11.6 Å². The van der Waals surface area contributed by atoms with E-state index < -0.39 is 5.92 Å². The van der Waals surface area contributed by atoms with Crippen LogP contribution in [0.1, 0.15) is 32.1 Å². The van der Waals surface area contributed by atoms with Crippen LogP contribution in [-0.4, -0.2) is 41.3 Å². The average Bonchev–Trinajstić information content (AvgIpc) is 2.89. The number of halogens is 2. The van der Waals surface area contributed by atoms with E-state index in [1.165, 1.54) is 11.3 Å². The van der Waals surface area contributed by atoms with E-state index in [0.29, 0.717) is 24.6 Å². The highest BCUT2D eigenvalue weighted by atomic mass is 32.1. The smallest absolute Gasteiger partial charge is 0.250 e. The van der Waals surface area contributed by atoms with E-state index in [9.17, 15) is 13.6 Å². The number of likely N-dealkylation sites (tertiary alicyclic amines) is 1. The fourth-order valence-electron chi connectivity index (χ4n) is 2.19. The molecule has 20 heavy (non-hydrogen) atoms. The maximum absolute atomic E-state index is 13.0. The highest BCUT2D eigenvalue weighted by molar-refractivity contribution is 7.13. The number of carbonyl (C=O) groups is 1.